The smallest absolute Gasteiger partial charge is 0.316 e. The van der Waals surface area contributed by atoms with E-state index < -0.39 is 12.1 Å². The third-order valence-electron chi connectivity index (χ3n) is 5.67. The van der Waals surface area contributed by atoms with Crippen molar-refractivity contribution >= 4 is 23.3 Å². The molecule has 2 heterocycles. The van der Waals surface area contributed by atoms with Crippen LogP contribution in [0.5, 0.6) is 11.5 Å². The molecule has 1 fully saturated rings. The molecule has 160 valence electrons. The molecule has 0 bridgehead atoms. The molecule has 0 aromatic heterocycles. The lowest BCUT2D eigenvalue weighted by Crippen LogP contribution is -2.49. The SMILES string of the molecule is NC(=O)Nc1ccccc1OC[C@H](O)CN1CCC2(CC1)Cc1cc(Cl)ccc1O2. The summed E-state index contributed by atoms with van der Waals surface area (Å²) in [5.41, 5.74) is 6.67. The van der Waals surface area contributed by atoms with Gasteiger partial charge in [-0.25, -0.2) is 4.79 Å². The Bertz CT molecular complexity index is 915. The molecule has 0 aliphatic carbocycles. The largest absolute Gasteiger partial charge is 0.489 e. The van der Waals surface area contributed by atoms with Crippen LogP contribution in [-0.4, -0.2) is 54.0 Å². The van der Waals surface area contributed by atoms with Gasteiger partial charge in [0.1, 0.15) is 29.8 Å². The number of carbonyl (C=O) groups is 1. The number of para-hydroxylation sites is 2. The van der Waals surface area contributed by atoms with Gasteiger partial charge in [-0.2, -0.15) is 0 Å². The van der Waals surface area contributed by atoms with Crippen LogP contribution >= 0.6 is 11.6 Å². The van der Waals surface area contributed by atoms with E-state index in [2.05, 4.69) is 10.2 Å². The molecular formula is C22H26ClN3O4. The zero-order chi connectivity index (χ0) is 21.1. The predicted molar refractivity (Wildman–Crippen MR) is 115 cm³/mol. The minimum Gasteiger partial charge on any atom is -0.489 e. The molecular weight excluding hydrogens is 406 g/mol. The number of amides is 2. The van der Waals surface area contributed by atoms with Gasteiger partial charge in [-0.15, -0.1) is 0 Å². The number of aliphatic hydroxyl groups is 1. The summed E-state index contributed by atoms with van der Waals surface area (Å²) in [7, 11) is 0. The summed E-state index contributed by atoms with van der Waals surface area (Å²) in [6.07, 6.45) is 2.03. The lowest BCUT2D eigenvalue weighted by molar-refractivity contribution is -0.00191. The molecule has 8 heteroatoms. The minimum atomic E-state index is -0.660. The summed E-state index contributed by atoms with van der Waals surface area (Å²) in [6.45, 7) is 2.33. The number of halogens is 1. The highest BCUT2D eigenvalue weighted by Crippen LogP contribution is 2.41. The van der Waals surface area contributed by atoms with Gasteiger partial charge in [0, 0.05) is 43.9 Å². The number of urea groups is 1. The van der Waals surface area contributed by atoms with E-state index in [9.17, 15) is 9.90 Å². The van der Waals surface area contributed by atoms with Gasteiger partial charge in [0.2, 0.25) is 0 Å². The number of hydrogen-bond acceptors (Lipinski definition) is 5. The van der Waals surface area contributed by atoms with E-state index in [-0.39, 0.29) is 12.2 Å². The van der Waals surface area contributed by atoms with Crippen molar-refractivity contribution in [2.45, 2.75) is 31.0 Å². The zero-order valence-corrected chi connectivity index (χ0v) is 17.4. The fourth-order valence-corrected chi connectivity index (χ4v) is 4.38. The van der Waals surface area contributed by atoms with E-state index in [1.54, 1.807) is 24.3 Å². The Balaban J connectivity index is 1.26. The maximum Gasteiger partial charge on any atom is 0.316 e. The molecule has 2 aromatic carbocycles. The van der Waals surface area contributed by atoms with Crippen LogP contribution in [0.2, 0.25) is 5.02 Å². The number of nitrogens with two attached hydrogens (primary N) is 1. The Morgan fingerprint density at radius 1 is 1.30 bits per heavy atom. The molecule has 2 aliphatic rings. The number of likely N-dealkylation sites (tertiary alicyclic amines) is 1. The normalized spacial score (nSPS) is 18.5. The number of piperidine rings is 1. The molecule has 1 atom stereocenters. The first-order valence-electron chi connectivity index (χ1n) is 10.1. The first-order valence-corrected chi connectivity index (χ1v) is 10.5. The number of nitrogens with one attached hydrogen (secondary N) is 1. The van der Waals surface area contributed by atoms with Gasteiger partial charge >= 0.3 is 6.03 Å². The molecule has 2 aliphatic heterocycles. The van der Waals surface area contributed by atoms with Crippen LogP contribution in [0.25, 0.3) is 0 Å². The van der Waals surface area contributed by atoms with Gasteiger partial charge < -0.3 is 30.5 Å². The number of ether oxygens (including phenoxy) is 2. The second kappa shape index (κ2) is 8.71. The number of aliphatic hydroxyl groups excluding tert-OH is 1. The Labute approximate surface area is 180 Å². The summed E-state index contributed by atoms with van der Waals surface area (Å²) in [6, 6.07) is 12.1. The number of β-amino-alcohol motifs (C(OH)–C–C–N with tert-alkyl or cyclic N) is 1. The van der Waals surface area contributed by atoms with Crippen molar-refractivity contribution in [3.05, 3.63) is 53.1 Å². The molecule has 1 saturated heterocycles. The van der Waals surface area contributed by atoms with E-state index in [0.29, 0.717) is 18.0 Å². The Hall–Kier alpha value is -2.48. The standard InChI is InChI=1S/C22H26ClN3O4/c23-16-5-6-19-15(11-16)12-22(30-19)7-9-26(10-8-22)13-17(27)14-29-20-4-2-1-3-18(20)25-21(24)28/h1-6,11,17,27H,7-10,12-14H2,(H3,24,25,28)/t17-/m1/s1. The van der Waals surface area contributed by atoms with Crippen LogP contribution in [0.4, 0.5) is 10.5 Å². The fraction of sp³-hybridized carbons (Fsp3) is 0.409. The molecule has 1 spiro atoms. The zero-order valence-electron chi connectivity index (χ0n) is 16.6. The van der Waals surface area contributed by atoms with Gasteiger partial charge in [0.05, 0.1) is 5.69 Å². The number of primary amides is 1. The maximum atomic E-state index is 11.1. The summed E-state index contributed by atoms with van der Waals surface area (Å²) in [5, 5.41) is 13.7. The second-order valence-electron chi connectivity index (χ2n) is 7.96. The van der Waals surface area contributed by atoms with Crippen molar-refractivity contribution < 1.29 is 19.4 Å². The topological polar surface area (TPSA) is 97.1 Å². The highest BCUT2D eigenvalue weighted by Gasteiger charge is 2.42. The maximum absolute atomic E-state index is 11.1. The summed E-state index contributed by atoms with van der Waals surface area (Å²) >= 11 is 6.11. The lowest BCUT2D eigenvalue weighted by atomic mass is 9.87. The lowest BCUT2D eigenvalue weighted by Gasteiger charge is -2.39. The van der Waals surface area contributed by atoms with Gasteiger partial charge in [-0.1, -0.05) is 23.7 Å². The average molecular weight is 432 g/mol. The van der Waals surface area contributed by atoms with Crippen LogP contribution in [0, 0.1) is 0 Å². The van der Waals surface area contributed by atoms with Crippen LogP contribution in [0.15, 0.2) is 42.5 Å². The number of anilines is 1. The van der Waals surface area contributed by atoms with Crippen LogP contribution in [0.1, 0.15) is 18.4 Å². The average Bonchev–Trinajstić information content (AvgIpc) is 3.06. The molecule has 4 rings (SSSR count). The van der Waals surface area contributed by atoms with Crippen molar-refractivity contribution in [1.82, 2.24) is 4.90 Å². The first-order chi connectivity index (χ1) is 14.4. The van der Waals surface area contributed by atoms with Crippen LogP contribution in [0.3, 0.4) is 0 Å². The second-order valence-corrected chi connectivity index (χ2v) is 8.40. The predicted octanol–water partition coefficient (Wildman–Crippen LogP) is 3.04. The van der Waals surface area contributed by atoms with Gasteiger partial charge in [-0.3, -0.25) is 0 Å². The molecule has 7 nitrogen and oxygen atoms in total. The third-order valence-corrected chi connectivity index (χ3v) is 5.91. The number of benzene rings is 2. The van der Waals surface area contributed by atoms with Gasteiger partial charge in [0.25, 0.3) is 0 Å². The van der Waals surface area contributed by atoms with Gasteiger partial charge in [-0.05, 0) is 35.9 Å². The van der Waals surface area contributed by atoms with Crippen molar-refractivity contribution in [2.24, 2.45) is 5.73 Å². The van der Waals surface area contributed by atoms with Crippen molar-refractivity contribution in [1.29, 1.82) is 0 Å². The van der Waals surface area contributed by atoms with E-state index in [1.807, 2.05) is 18.2 Å². The Kier molecular flexibility index (Phi) is 6.04. The van der Waals surface area contributed by atoms with E-state index in [4.69, 9.17) is 26.8 Å². The summed E-state index contributed by atoms with van der Waals surface area (Å²) in [4.78, 5) is 13.3. The van der Waals surface area contributed by atoms with E-state index in [0.717, 1.165) is 43.1 Å². The summed E-state index contributed by atoms with van der Waals surface area (Å²) < 4.78 is 12.0. The minimum absolute atomic E-state index is 0.125. The van der Waals surface area contributed by atoms with Crippen molar-refractivity contribution in [3.8, 4) is 11.5 Å². The van der Waals surface area contributed by atoms with E-state index in [1.165, 1.54) is 5.56 Å². The number of hydrogen-bond donors (Lipinski definition) is 3. The highest BCUT2D eigenvalue weighted by molar-refractivity contribution is 6.30. The molecule has 30 heavy (non-hydrogen) atoms. The molecule has 2 aromatic rings. The molecule has 2 amide bonds. The van der Waals surface area contributed by atoms with Crippen molar-refractivity contribution in [3.63, 3.8) is 0 Å². The number of nitrogens with zero attached hydrogens (tertiary/aromatic N) is 1. The third kappa shape index (κ3) is 4.80. The molecule has 0 saturated carbocycles. The number of rotatable bonds is 6. The van der Waals surface area contributed by atoms with Crippen molar-refractivity contribution in [2.75, 3.05) is 31.6 Å². The van der Waals surface area contributed by atoms with Crippen LogP contribution < -0.4 is 20.5 Å². The van der Waals surface area contributed by atoms with Crippen LogP contribution in [-0.2, 0) is 6.42 Å². The highest BCUT2D eigenvalue weighted by atomic mass is 35.5. The Morgan fingerprint density at radius 3 is 2.83 bits per heavy atom. The molecule has 4 N–H and O–H groups in total. The molecule has 0 unspecified atom stereocenters. The quantitative estimate of drug-likeness (QED) is 0.653. The number of carbonyl (C=O) groups excluding carboxylic acids is 1. The fourth-order valence-electron chi connectivity index (χ4n) is 4.19. The monoisotopic (exact) mass is 431 g/mol. The summed E-state index contributed by atoms with van der Waals surface area (Å²) in [5.74, 6) is 1.41. The Morgan fingerprint density at radius 2 is 2.07 bits per heavy atom. The molecule has 0 radical (unpaired) electrons. The van der Waals surface area contributed by atoms with Gasteiger partial charge in [0.15, 0.2) is 0 Å². The first kappa shape index (κ1) is 20.8. The number of fused-ring (bicyclic) bond motifs is 1. The van der Waals surface area contributed by atoms with E-state index >= 15 is 0 Å².